The molecule has 7 atom stereocenters. The molecule has 2 N–H and O–H groups in total. The van der Waals surface area contributed by atoms with Crippen LogP contribution in [0.4, 0.5) is 4.39 Å². The standard InChI is InChI=1S/C38H48FNO4/c1-38-24-33(39)37-31-14-13-30(41)23-29(31)22-28(36(37)32(38)15-16-34(38)42)10-4-3-7-17-40(18-19-44-2)35(43)21-25-11-12-26-8-5-6-9-27(26)20-25/h5-6,8-9,11-14,20,23,28,32-34,36-37,41-42H,3-4,7,10,15-19,21-22,24H2,1-2H3/t28-,32?,33+,34+,36?,37?,38+/m1/s1. The molecule has 0 aromatic heterocycles. The lowest BCUT2D eigenvalue weighted by molar-refractivity contribution is -0.131. The summed E-state index contributed by atoms with van der Waals surface area (Å²) in [5.41, 5.74) is 2.82. The number of benzene rings is 3. The van der Waals surface area contributed by atoms with Crippen molar-refractivity contribution in [3.8, 4) is 5.75 Å². The van der Waals surface area contributed by atoms with Gasteiger partial charge in [-0.3, -0.25) is 4.79 Å². The van der Waals surface area contributed by atoms with Crippen LogP contribution in [0.15, 0.2) is 60.7 Å². The van der Waals surface area contributed by atoms with Crippen LogP contribution in [-0.4, -0.2) is 60.1 Å². The number of carbonyl (C=O) groups is 1. The minimum atomic E-state index is -0.983. The number of aromatic hydroxyl groups is 1. The number of phenols is 1. The number of carbonyl (C=O) groups excluding carboxylic acids is 1. The highest BCUT2D eigenvalue weighted by Gasteiger charge is 2.59. The lowest BCUT2D eigenvalue weighted by Crippen LogP contribution is -2.51. The van der Waals surface area contributed by atoms with Gasteiger partial charge in [-0.05, 0) is 101 Å². The van der Waals surface area contributed by atoms with Gasteiger partial charge in [0.1, 0.15) is 11.9 Å². The Morgan fingerprint density at radius 1 is 1.02 bits per heavy atom. The highest BCUT2D eigenvalue weighted by atomic mass is 19.1. The fraction of sp³-hybridized carbons (Fsp3) is 0.553. The average Bonchev–Trinajstić information content (AvgIpc) is 3.30. The van der Waals surface area contributed by atoms with Gasteiger partial charge in [0.2, 0.25) is 5.91 Å². The molecule has 2 saturated carbocycles. The monoisotopic (exact) mass is 601 g/mol. The molecule has 0 radical (unpaired) electrons. The van der Waals surface area contributed by atoms with Gasteiger partial charge in [0.05, 0.1) is 19.1 Å². The third kappa shape index (κ3) is 6.12. The second-order valence-electron chi connectivity index (χ2n) is 14.0. The first-order valence-electron chi connectivity index (χ1n) is 16.7. The number of methoxy groups -OCH3 is 1. The lowest BCUT2D eigenvalue weighted by atomic mass is 9.51. The second-order valence-corrected chi connectivity index (χ2v) is 14.0. The zero-order chi connectivity index (χ0) is 30.8. The molecule has 6 heteroatoms. The molecule has 0 saturated heterocycles. The fourth-order valence-electron chi connectivity index (χ4n) is 9.12. The number of ether oxygens (including phenoxy) is 1. The van der Waals surface area contributed by atoms with E-state index in [4.69, 9.17) is 4.74 Å². The Balaban J connectivity index is 1.09. The molecule has 0 heterocycles. The molecular weight excluding hydrogens is 553 g/mol. The molecular formula is C38H48FNO4. The Labute approximate surface area is 261 Å². The van der Waals surface area contributed by atoms with Crippen molar-refractivity contribution in [1.82, 2.24) is 4.90 Å². The summed E-state index contributed by atoms with van der Waals surface area (Å²) < 4.78 is 21.4. The highest BCUT2D eigenvalue weighted by molar-refractivity contribution is 5.85. The van der Waals surface area contributed by atoms with Crippen molar-refractivity contribution < 1.29 is 24.1 Å². The molecule has 0 bridgehead atoms. The Kier molecular flexibility index (Phi) is 9.30. The van der Waals surface area contributed by atoms with Crippen LogP contribution in [0.1, 0.15) is 74.5 Å². The van der Waals surface area contributed by atoms with Gasteiger partial charge < -0.3 is 19.8 Å². The predicted octanol–water partition coefficient (Wildman–Crippen LogP) is 7.21. The number of alkyl halides is 1. The van der Waals surface area contributed by atoms with Gasteiger partial charge in [-0.15, -0.1) is 0 Å². The summed E-state index contributed by atoms with van der Waals surface area (Å²) in [6.07, 6.45) is 5.87. The summed E-state index contributed by atoms with van der Waals surface area (Å²) in [6.45, 7) is 3.90. The third-order valence-electron chi connectivity index (χ3n) is 11.4. The molecule has 3 aromatic rings. The van der Waals surface area contributed by atoms with Crippen LogP contribution in [0, 0.1) is 23.2 Å². The van der Waals surface area contributed by atoms with Gasteiger partial charge in [-0.2, -0.15) is 0 Å². The van der Waals surface area contributed by atoms with E-state index in [1.54, 1.807) is 13.2 Å². The van der Waals surface area contributed by atoms with Crippen molar-refractivity contribution in [1.29, 1.82) is 0 Å². The van der Waals surface area contributed by atoms with Crippen LogP contribution in [-0.2, 0) is 22.4 Å². The molecule has 3 aliphatic carbocycles. The van der Waals surface area contributed by atoms with Crippen molar-refractivity contribution in [3.63, 3.8) is 0 Å². The maximum atomic E-state index is 16.0. The summed E-state index contributed by atoms with van der Waals surface area (Å²) in [6, 6.07) is 20.0. The molecule has 236 valence electrons. The average molecular weight is 602 g/mol. The van der Waals surface area contributed by atoms with Crippen molar-refractivity contribution in [3.05, 3.63) is 77.4 Å². The summed E-state index contributed by atoms with van der Waals surface area (Å²) in [7, 11) is 1.67. The molecule has 0 aliphatic heterocycles. The second kappa shape index (κ2) is 13.2. The van der Waals surface area contributed by atoms with E-state index in [1.165, 1.54) is 5.39 Å². The van der Waals surface area contributed by atoms with Gasteiger partial charge in [0.25, 0.3) is 0 Å². The number of halogens is 1. The van der Waals surface area contributed by atoms with Crippen LogP contribution in [0.5, 0.6) is 5.75 Å². The van der Waals surface area contributed by atoms with Crippen LogP contribution in [0.25, 0.3) is 10.8 Å². The van der Waals surface area contributed by atoms with E-state index in [-0.39, 0.29) is 28.9 Å². The number of hydrogen-bond acceptors (Lipinski definition) is 4. The lowest BCUT2D eigenvalue weighted by Gasteiger charge is -2.54. The SMILES string of the molecule is COCCN(CCCCC[C@@H]1Cc2cc(O)ccc2C2C1C1CC[C@H](O)[C@@]1(C)C[C@@H]2F)C(=O)Cc1ccc2ccccc2c1. The summed E-state index contributed by atoms with van der Waals surface area (Å²) >= 11 is 0. The Bertz CT molecular complexity index is 1460. The Morgan fingerprint density at radius 3 is 2.66 bits per heavy atom. The molecule has 2 fully saturated rings. The van der Waals surface area contributed by atoms with Crippen LogP contribution in [0.2, 0.25) is 0 Å². The maximum Gasteiger partial charge on any atom is 0.227 e. The number of fused-ring (bicyclic) bond motifs is 6. The first-order valence-corrected chi connectivity index (χ1v) is 16.7. The van der Waals surface area contributed by atoms with Crippen LogP contribution in [0.3, 0.4) is 0 Å². The summed E-state index contributed by atoms with van der Waals surface area (Å²) in [5.74, 6) is 1.06. The van der Waals surface area contributed by atoms with Crippen molar-refractivity contribution in [2.75, 3.05) is 26.8 Å². The number of nitrogens with zero attached hydrogens (tertiary/aromatic N) is 1. The van der Waals surface area contributed by atoms with Gasteiger partial charge in [0.15, 0.2) is 0 Å². The molecule has 44 heavy (non-hydrogen) atoms. The third-order valence-corrected chi connectivity index (χ3v) is 11.4. The number of hydrogen-bond donors (Lipinski definition) is 2. The highest BCUT2D eigenvalue weighted by Crippen LogP contribution is 2.63. The van der Waals surface area contributed by atoms with E-state index >= 15 is 4.39 Å². The predicted molar refractivity (Wildman–Crippen MR) is 172 cm³/mol. The molecule has 6 rings (SSSR count). The molecule has 3 aromatic carbocycles. The zero-order valence-corrected chi connectivity index (χ0v) is 26.3. The number of aliphatic hydroxyl groups excluding tert-OH is 1. The van der Waals surface area contributed by atoms with Gasteiger partial charge >= 0.3 is 0 Å². The van der Waals surface area contributed by atoms with Crippen molar-refractivity contribution >= 4 is 16.7 Å². The Hall–Kier alpha value is -2.96. The minimum absolute atomic E-state index is 0.124. The van der Waals surface area contributed by atoms with Gasteiger partial charge in [0, 0.05) is 26.1 Å². The molecule has 3 unspecified atom stereocenters. The molecule has 0 spiro atoms. The number of unbranched alkanes of at least 4 members (excludes halogenated alkanes) is 2. The fourth-order valence-corrected chi connectivity index (χ4v) is 9.12. The minimum Gasteiger partial charge on any atom is -0.508 e. The summed E-state index contributed by atoms with van der Waals surface area (Å²) in [4.78, 5) is 15.3. The largest absolute Gasteiger partial charge is 0.508 e. The first-order chi connectivity index (χ1) is 21.3. The van der Waals surface area contributed by atoms with Gasteiger partial charge in [-0.25, -0.2) is 4.39 Å². The number of amides is 1. The number of rotatable bonds is 11. The number of phenolic OH excluding ortho intramolecular Hbond substituents is 1. The van der Waals surface area contributed by atoms with E-state index in [1.807, 2.05) is 35.2 Å². The van der Waals surface area contributed by atoms with E-state index in [0.29, 0.717) is 44.4 Å². The van der Waals surface area contributed by atoms with E-state index in [0.717, 1.165) is 67.0 Å². The molecule has 1 amide bonds. The smallest absolute Gasteiger partial charge is 0.227 e. The van der Waals surface area contributed by atoms with Crippen LogP contribution >= 0.6 is 0 Å². The van der Waals surface area contributed by atoms with Crippen molar-refractivity contribution in [2.24, 2.45) is 23.2 Å². The summed E-state index contributed by atoms with van der Waals surface area (Å²) in [5, 5.41) is 23.5. The quantitative estimate of drug-likeness (QED) is 0.228. The van der Waals surface area contributed by atoms with Gasteiger partial charge in [-0.1, -0.05) is 68.3 Å². The normalized spacial score (nSPS) is 29.2. The first kappa shape index (κ1) is 31.0. The van der Waals surface area contributed by atoms with Crippen molar-refractivity contribution in [2.45, 2.75) is 82.9 Å². The van der Waals surface area contributed by atoms with E-state index < -0.39 is 12.3 Å². The maximum absolute atomic E-state index is 16.0. The zero-order valence-electron chi connectivity index (χ0n) is 26.3. The van der Waals surface area contributed by atoms with E-state index in [9.17, 15) is 15.0 Å². The van der Waals surface area contributed by atoms with E-state index in [2.05, 4.69) is 31.2 Å². The topological polar surface area (TPSA) is 70.0 Å². The van der Waals surface area contributed by atoms with Crippen LogP contribution < -0.4 is 0 Å². The molecule has 3 aliphatic rings. The number of aliphatic hydroxyl groups is 1. The molecule has 5 nitrogen and oxygen atoms in total. The Morgan fingerprint density at radius 2 is 1.84 bits per heavy atom.